The number of methoxy groups -OCH3 is 2. The molecule has 0 saturated heterocycles. The van der Waals surface area contributed by atoms with Gasteiger partial charge in [0.2, 0.25) is 5.91 Å². The summed E-state index contributed by atoms with van der Waals surface area (Å²) >= 11 is 20.7. The lowest BCUT2D eigenvalue weighted by Gasteiger charge is -2.10. The number of nitrogens with zero attached hydrogens (tertiary/aromatic N) is 25. The zero-order valence-electron chi connectivity index (χ0n) is 77.9. The summed E-state index contributed by atoms with van der Waals surface area (Å²) in [7, 11) is 3.32. The van der Waals surface area contributed by atoms with Crippen molar-refractivity contribution < 1.29 is 19.4 Å². The van der Waals surface area contributed by atoms with Crippen LogP contribution >= 0.6 is 128 Å². The third-order valence-electron chi connectivity index (χ3n) is 21.0. The molecule has 0 fully saturated rings. The highest BCUT2D eigenvalue weighted by molar-refractivity contribution is 8.00. The number of thioether (sulfide) groups is 1. The number of aromatic nitrogens is 30. The zero-order valence-corrected chi connectivity index (χ0v) is 86.8. The molecule has 0 bridgehead atoms. The highest BCUT2D eigenvalue weighted by atomic mass is 35.5. The van der Waals surface area contributed by atoms with Gasteiger partial charge in [-0.05, 0) is 214 Å². The third kappa shape index (κ3) is 23.5. The van der Waals surface area contributed by atoms with Crippen molar-refractivity contribution >= 4 is 222 Å². The zero-order chi connectivity index (χ0) is 100. The number of nitrogens with one attached hydrogen (secondary N) is 11. The standard InChI is InChI=1S/C21H18N8OS2.2C20H17N7OS2.C19H14ClN7S2.C15H15N7OS2/c1-12-7-18(32-28-12)26-20-21-22-10-17(14-8-23-24-9-14)29(21)11-19(27-20)31-16-5-3-15(4-6-16)25-13(2)30;1-12-7-17(30-26-12)24-19-20-21-10-16(13-8-22-23-9-13)27(20)11-18(25-19)29-15-5-3-14(28-2)4-6-15;1-12-6-17(30-26-12)24-19-20-21-10-16(13-8-22-23-9-13)27(20)11-18(25-19)29-15-5-3-4-14(7-15)28-2;1-11-6-16(29-26-11)24-18-19-21-9-15(12-7-22-23-8-12)27(19)10-17(25-18)28-14-4-2-13(20)3-5-14;1-9-4-12(25-21-9)19-14-15-16-7-11(10-5-17-18-6-10)22(15)8-13(20-14)24-3-2-23/h3-11H,1-2H3,(H,23,24)(H,25,30)(H,26,27);2*3-11H,1-2H3,(H,22,23)(H,24,25);2-10H,1H3,(H,22,23)(H,24,25);4-8,23H,2-3H2,1H3,(H,17,18)(H,19,20). The summed E-state index contributed by atoms with van der Waals surface area (Å²) in [6.45, 7) is 11.4. The molecule has 732 valence electrons. The molecule has 0 aliphatic rings. The van der Waals surface area contributed by atoms with Crippen molar-refractivity contribution in [2.75, 3.05) is 58.5 Å². The number of hydrogen-bond donors (Lipinski definition) is 12. The predicted octanol–water partition coefficient (Wildman–Crippen LogP) is 22.5. The van der Waals surface area contributed by atoms with E-state index < -0.39 is 0 Å². The molecule has 0 aliphatic carbocycles. The van der Waals surface area contributed by atoms with Gasteiger partial charge in [0.1, 0.15) is 61.6 Å². The Bertz CT molecular complexity index is 8550. The average molecular weight is 2150 g/mol. The van der Waals surface area contributed by atoms with Crippen molar-refractivity contribution in [2.45, 2.75) is 86.3 Å². The third-order valence-corrected chi connectivity index (χ3v) is 29.7. The molecule has 0 radical (unpaired) electrons. The minimum absolute atomic E-state index is 0.0969. The molecule has 0 saturated carbocycles. The van der Waals surface area contributed by atoms with Gasteiger partial charge >= 0.3 is 0 Å². The molecule has 24 aromatic rings. The quantitative estimate of drug-likeness (QED) is 0.0194. The van der Waals surface area contributed by atoms with E-state index in [2.05, 4.69) is 135 Å². The van der Waals surface area contributed by atoms with Gasteiger partial charge in [-0.3, -0.25) is 52.3 Å². The summed E-state index contributed by atoms with van der Waals surface area (Å²) < 4.78 is 42.3. The van der Waals surface area contributed by atoms with E-state index >= 15 is 0 Å². The van der Waals surface area contributed by atoms with E-state index in [1.54, 1.807) is 86.7 Å². The minimum atomic E-state index is -0.0987. The maximum atomic E-state index is 11.3. The lowest BCUT2D eigenvalue weighted by atomic mass is 10.3. The molecule has 0 atom stereocenters. The number of carbonyl (C=O) groups is 1. The summed E-state index contributed by atoms with van der Waals surface area (Å²) in [5.41, 5.74) is 18.5. The molecule has 0 spiro atoms. The summed E-state index contributed by atoms with van der Waals surface area (Å²) in [5.74, 6) is 5.41. The summed E-state index contributed by atoms with van der Waals surface area (Å²) in [6.07, 6.45) is 36.9. The van der Waals surface area contributed by atoms with Crippen LogP contribution in [0.3, 0.4) is 0 Å². The van der Waals surface area contributed by atoms with Crippen LogP contribution in [0.1, 0.15) is 35.4 Å². The van der Waals surface area contributed by atoms with Gasteiger partial charge in [-0.2, -0.15) is 47.4 Å². The maximum Gasteiger partial charge on any atom is 0.221 e. The van der Waals surface area contributed by atoms with Crippen molar-refractivity contribution in [3.05, 3.63) is 285 Å². The number of carbonyl (C=O) groups excluding carboxylic acids is 1. The lowest BCUT2D eigenvalue weighted by molar-refractivity contribution is -0.114. The molecule has 0 aliphatic heterocycles. The highest BCUT2D eigenvalue weighted by Gasteiger charge is 2.24. The fourth-order valence-electron chi connectivity index (χ4n) is 14.5. The van der Waals surface area contributed by atoms with E-state index in [4.69, 9.17) is 46.1 Å². The topological polar surface area (TPSA) is 487 Å². The second-order valence-corrected chi connectivity index (χ2v) is 41.5. The van der Waals surface area contributed by atoms with Crippen LogP contribution in [0.15, 0.2) is 296 Å². The second kappa shape index (κ2) is 45.0. The molecule has 146 heavy (non-hydrogen) atoms. The first-order valence-electron chi connectivity index (χ1n) is 44.1. The number of hydrogen-bond acceptors (Lipinski definition) is 39. The van der Waals surface area contributed by atoms with Crippen molar-refractivity contribution in [3.8, 4) is 67.8 Å². The van der Waals surface area contributed by atoms with Gasteiger partial charge in [-0.15, -0.1) is 11.8 Å². The van der Waals surface area contributed by atoms with Crippen molar-refractivity contribution in [1.82, 2.24) is 145 Å². The Labute approximate surface area is 876 Å². The number of ether oxygens (including phenoxy) is 2. The molecular weight excluding hydrogens is 2070 g/mol. The molecule has 51 heteroatoms. The first kappa shape index (κ1) is 97.7. The monoisotopic (exact) mass is 2140 g/mol. The molecule has 1 amide bonds. The van der Waals surface area contributed by atoms with Gasteiger partial charge < -0.3 is 46.5 Å². The number of rotatable bonds is 29. The van der Waals surface area contributed by atoms with Crippen molar-refractivity contribution in [2.24, 2.45) is 0 Å². The number of aryl methyl sites for hydroxylation is 5. The molecule has 40 nitrogen and oxygen atoms in total. The maximum absolute atomic E-state index is 11.3. The molecule has 12 N–H and O–H groups in total. The predicted molar refractivity (Wildman–Crippen MR) is 576 cm³/mol. The van der Waals surface area contributed by atoms with Crippen molar-refractivity contribution in [1.29, 1.82) is 0 Å². The van der Waals surface area contributed by atoms with E-state index in [0.717, 1.165) is 194 Å². The van der Waals surface area contributed by atoms with E-state index in [-0.39, 0.29) is 12.5 Å². The smallest absolute Gasteiger partial charge is 0.221 e. The van der Waals surface area contributed by atoms with E-state index in [1.807, 2.05) is 271 Å². The molecule has 0 unspecified atom stereocenters. The molecule has 20 aromatic heterocycles. The summed E-state index contributed by atoms with van der Waals surface area (Å²) in [4.78, 5) is 62.3. The van der Waals surface area contributed by atoms with Crippen LogP contribution in [0.4, 0.5) is 59.8 Å². The number of aliphatic hydroxyl groups excluding tert-OH is 1. The first-order valence-corrected chi connectivity index (χ1v) is 52.6. The number of aliphatic hydroxyl groups is 1. The highest BCUT2D eigenvalue weighted by Crippen LogP contribution is 2.41. The van der Waals surface area contributed by atoms with Crippen LogP contribution in [0.2, 0.25) is 5.02 Å². The Hall–Kier alpha value is -15.8. The SMILES string of the molecule is CC(=O)Nc1ccc(Sc2cn3c(-c4cn[nH]c4)cnc3c(Nc3cc(C)ns3)n2)cc1.COc1ccc(Sc2cn3c(-c4cn[nH]c4)cnc3c(Nc3cc(C)ns3)n2)cc1.COc1cccc(Sc2cn3c(-c4cn[nH]c4)cnc3c(Nc3cc(C)ns3)n2)c1.Cc1cc(Nc2nc(SCCO)cn3c(-c4cn[nH]c4)cnc23)sn1.Cc1cc(Nc2nc(Sc3ccc(Cl)cc3)cn3c(-c4cn[nH]c4)cnc23)sn1. The van der Waals surface area contributed by atoms with Crippen LogP contribution in [0.5, 0.6) is 11.5 Å². The number of halogens is 1. The van der Waals surface area contributed by atoms with Gasteiger partial charge in [-0.25, -0.2) is 49.8 Å². The normalized spacial score (nSPS) is 11.2. The Kier molecular flexibility index (Phi) is 30.1. The summed E-state index contributed by atoms with van der Waals surface area (Å²) in [5, 5.41) is 72.5. The Morgan fingerprint density at radius 2 is 0.651 bits per heavy atom. The Balaban J connectivity index is 0.000000111. The number of anilines is 11. The minimum Gasteiger partial charge on any atom is -0.497 e. The number of aromatic amines is 5. The van der Waals surface area contributed by atoms with Crippen LogP contribution in [-0.2, 0) is 4.79 Å². The Morgan fingerprint density at radius 1 is 0.363 bits per heavy atom. The van der Waals surface area contributed by atoms with Gasteiger partial charge in [0.25, 0.3) is 0 Å². The number of benzene rings is 4. The van der Waals surface area contributed by atoms with Gasteiger partial charge in [0.05, 0.1) is 140 Å². The van der Waals surface area contributed by atoms with Crippen LogP contribution in [0.25, 0.3) is 84.5 Å². The average Bonchev–Trinajstić information content (AvgIpc) is 1.63. The fraction of sp³-hybridized carbons (Fsp3) is 0.105. The second-order valence-electron chi connectivity index (χ2n) is 31.5. The Morgan fingerprint density at radius 3 is 0.925 bits per heavy atom. The fourth-order valence-corrected chi connectivity index (χ4v) is 21.8. The van der Waals surface area contributed by atoms with Gasteiger partial charge in [0, 0.05) is 133 Å². The van der Waals surface area contributed by atoms with Crippen molar-refractivity contribution in [3.63, 3.8) is 0 Å². The van der Waals surface area contributed by atoms with Gasteiger partial charge in [-0.1, -0.05) is 64.7 Å². The summed E-state index contributed by atoms with van der Waals surface area (Å²) in [6, 6.07) is 41.1. The number of H-pyrrole nitrogens is 5. The first-order chi connectivity index (χ1) is 71.3. The largest absolute Gasteiger partial charge is 0.497 e. The number of amides is 1. The van der Waals surface area contributed by atoms with E-state index in [9.17, 15) is 4.79 Å². The van der Waals surface area contributed by atoms with Crippen LogP contribution in [0, 0.1) is 34.6 Å². The van der Waals surface area contributed by atoms with Crippen LogP contribution in [-0.4, -0.2) is 182 Å². The van der Waals surface area contributed by atoms with E-state index in [0.29, 0.717) is 45.5 Å². The number of fused-ring (bicyclic) bond motifs is 5. The molecule has 20 heterocycles. The molecular formula is C95H81ClN36O4S10. The lowest BCUT2D eigenvalue weighted by Crippen LogP contribution is -2.05. The number of imidazole rings is 5. The molecule has 4 aromatic carbocycles. The van der Waals surface area contributed by atoms with Gasteiger partial charge in [0.15, 0.2) is 57.3 Å². The molecule has 24 rings (SSSR count). The van der Waals surface area contributed by atoms with E-state index in [1.165, 1.54) is 88.1 Å². The van der Waals surface area contributed by atoms with Crippen LogP contribution < -0.4 is 41.4 Å².